The summed E-state index contributed by atoms with van der Waals surface area (Å²) in [6, 6.07) is 24.6. The van der Waals surface area contributed by atoms with Crippen LogP contribution in [0.5, 0.6) is 0 Å². The summed E-state index contributed by atoms with van der Waals surface area (Å²) in [4.78, 5) is 4.09. The number of hydrogen-bond acceptors (Lipinski definition) is 4. The van der Waals surface area contributed by atoms with E-state index in [1.54, 1.807) is 6.20 Å². The second-order valence-corrected chi connectivity index (χ2v) is 6.63. The average Bonchev–Trinajstić information content (AvgIpc) is 3.19. The van der Waals surface area contributed by atoms with E-state index in [-0.39, 0.29) is 0 Å². The lowest BCUT2D eigenvalue weighted by Crippen LogP contribution is -1.91. The molecular formula is C24H21N3O. The molecule has 0 radical (unpaired) electrons. The molecule has 0 saturated heterocycles. The molecule has 2 aromatic carbocycles. The predicted molar refractivity (Wildman–Crippen MR) is 113 cm³/mol. The fourth-order valence-corrected chi connectivity index (χ4v) is 3.05. The number of pyridine rings is 1. The van der Waals surface area contributed by atoms with Gasteiger partial charge >= 0.3 is 0 Å². The van der Waals surface area contributed by atoms with Crippen LogP contribution in [0.2, 0.25) is 0 Å². The Labute approximate surface area is 164 Å². The third-order valence-electron chi connectivity index (χ3n) is 4.53. The minimum absolute atomic E-state index is 0.442. The van der Waals surface area contributed by atoms with Crippen LogP contribution in [0.3, 0.4) is 0 Å². The summed E-state index contributed by atoms with van der Waals surface area (Å²) in [5, 5.41) is 4.16. The van der Waals surface area contributed by atoms with Crippen molar-refractivity contribution in [2.75, 3.05) is 5.73 Å². The number of hydrogen-bond donors (Lipinski definition) is 1. The Hall–Kier alpha value is -3.66. The molecule has 0 bridgehead atoms. The summed E-state index contributed by atoms with van der Waals surface area (Å²) in [5.74, 6) is 1.08. The molecule has 0 fully saturated rings. The quantitative estimate of drug-likeness (QED) is 0.511. The van der Waals surface area contributed by atoms with E-state index < -0.39 is 0 Å². The fourth-order valence-electron chi connectivity index (χ4n) is 3.05. The van der Waals surface area contributed by atoms with Crippen molar-refractivity contribution in [2.45, 2.75) is 12.8 Å². The van der Waals surface area contributed by atoms with E-state index in [4.69, 9.17) is 10.3 Å². The summed E-state index contributed by atoms with van der Waals surface area (Å²) >= 11 is 0. The maximum absolute atomic E-state index is 5.90. The summed E-state index contributed by atoms with van der Waals surface area (Å²) < 4.78 is 5.44. The monoisotopic (exact) mass is 367 g/mol. The van der Waals surface area contributed by atoms with Crippen LogP contribution in [0, 0.1) is 0 Å². The molecule has 2 aromatic heterocycles. The van der Waals surface area contributed by atoms with E-state index in [1.807, 2.05) is 24.3 Å². The molecule has 4 aromatic rings. The Morgan fingerprint density at radius 2 is 1.71 bits per heavy atom. The minimum Gasteiger partial charge on any atom is -0.383 e. The van der Waals surface area contributed by atoms with Gasteiger partial charge in [0.25, 0.3) is 0 Å². The van der Waals surface area contributed by atoms with Gasteiger partial charge in [0.15, 0.2) is 5.76 Å². The van der Waals surface area contributed by atoms with Crippen LogP contribution in [-0.4, -0.2) is 10.1 Å². The molecule has 4 rings (SSSR count). The van der Waals surface area contributed by atoms with Crippen LogP contribution < -0.4 is 5.73 Å². The summed E-state index contributed by atoms with van der Waals surface area (Å²) in [6.45, 7) is 0. The highest BCUT2D eigenvalue weighted by molar-refractivity contribution is 5.69. The lowest BCUT2D eigenvalue weighted by atomic mass is 10.1. The molecule has 2 N–H and O–H groups in total. The first-order valence-electron chi connectivity index (χ1n) is 9.24. The maximum atomic E-state index is 5.90. The second-order valence-electron chi connectivity index (χ2n) is 6.63. The van der Waals surface area contributed by atoms with Crippen molar-refractivity contribution in [1.29, 1.82) is 0 Å². The van der Waals surface area contributed by atoms with Gasteiger partial charge < -0.3 is 10.3 Å². The van der Waals surface area contributed by atoms with E-state index in [2.05, 4.69) is 70.8 Å². The Morgan fingerprint density at radius 1 is 0.893 bits per heavy atom. The number of benzene rings is 2. The lowest BCUT2D eigenvalue weighted by molar-refractivity contribution is 0.425. The standard InChI is InChI=1S/C24H21N3O/c25-24-22(10-5-15-26-24)23-17-21(27-28-23)16-20-13-11-19(12-14-20)9-4-8-18-6-2-1-3-7-18/h1-7,9-15,17H,8,16H2,(H2,25,26)/b9-4+. The van der Waals surface area contributed by atoms with Crippen LogP contribution >= 0.6 is 0 Å². The number of allylic oxidation sites excluding steroid dienone is 1. The van der Waals surface area contributed by atoms with E-state index in [0.717, 1.165) is 17.7 Å². The van der Waals surface area contributed by atoms with Crippen LogP contribution in [0.1, 0.15) is 22.4 Å². The molecule has 0 aliphatic carbocycles. The predicted octanol–water partition coefficient (Wildman–Crippen LogP) is 5.17. The normalized spacial score (nSPS) is 11.1. The molecule has 0 unspecified atom stereocenters. The Balaban J connectivity index is 1.39. The van der Waals surface area contributed by atoms with E-state index in [9.17, 15) is 0 Å². The topological polar surface area (TPSA) is 64.9 Å². The van der Waals surface area contributed by atoms with Gasteiger partial charge in [0.05, 0.1) is 11.3 Å². The summed E-state index contributed by atoms with van der Waals surface area (Å²) in [7, 11) is 0. The van der Waals surface area contributed by atoms with Crippen molar-refractivity contribution in [1.82, 2.24) is 10.1 Å². The van der Waals surface area contributed by atoms with Gasteiger partial charge in [0, 0.05) is 18.7 Å². The van der Waals surface area contributed by atoms with Crippen molar-refractivity contribution in [3.63, 3.8) is 0 Å². The van der Waals surface area contributed by atoms with Gasteiger partial charge in [0.2, 0.25) is 0 Å². The zero-order chi connectivity index (χ0) is 19.2. The molecule has 138 valence electrons. The third-order valence-corrected chi connectivity index (χ3v) is 4.53. The van der Waals surface area contributed by atoms with Crippen molar-refractivity contribution >= 4 is 11.9 Å². The summed E-state index contributed by atoms with van der Waals surface area (Å²) in [6.07, 6.45) is 7.63. The largest absolute Gasteiger partial charge is 0.383 e. The molecule has 0 amide bonds. The Morgan fingerprint density at radius 3 is 2.50 bits per heavy atom. The SMILES string of the molecule is Nc1ncccc1-c1cc(Cc2ccc(/C=C/Cc3ccccc3)cc2)no1. The van der Waals surface area contributed by atoms with Gasteiger partial charge in [-0.25, -0.2) is 4.98 Å². The van der Waals surface area contributed by atoms with E-state index >= 15 is 0 Å². The van der Waals surface area contributed by atoms with Crippen molar-refractivity contribution in [3.05, 3.63) is 107 Å². The van der Waals surface area contributed by atoms with Crippen molar-refractivity contribution < 1.29 is 4.52 Å². The first-order valence-corrected chi connectivity index (χ1v) is 9.24. The van der Waals surface area contributed by atoms with Crippen LogP contribution in [0.25, 0.3) is 17.4 Å². The average molecular weight is 367 g/mol. The number of rotatable bonds is 6. The van der Waals surface area contributed by atoms with Gasteiger partial charge in [0.1, 0.15) is 5.82 Å². The van der Waals surface area contributed by atoms with Crippen LogP contribution in [-0.2, 0) is 12.8 Å². The smallest absolute Gasteiger partial charge is 0.170 e. The van der Waals surface area contributed by atoms with Crippen molar-refractivity contribution in [3.8, 4) is 11.3 Å². The highest BCUT2D eigenvalue weighted by Crippen LogP contribution is 2.25. The molecular weight excluding hydrogens is 346 g/mol. The third kappa shape index (κ3) is 4.35. The molecule has 0 atom stereocenters. The zero-order valence-corrected chi connectivity index (χ0v) is 15.5. The maximum Gasteiger partial charge on any atom is 0.170 e. The highest BCUT2D eigenvalue weighted by atomic mass is 16.5. The number of anilines is 1. The highest BCUT2D eigenvalue weighted by Gasteiger charge is 2.10. The van der Waals surface area contributed by atoms with E-state index in [1.165, 1.54) is 16.7 Å². The van der Waals surface area contributed by atoms with Gasteiger partial charge in [-0.2, -0.15) is 0 Å². The molecule has 2 heterocycles. The fraction of sp³-hybridized carbons (Fsp3) is 0.0833. The molecule has 28 heavy (non-hydrogen) atoms. The molecule has 0 aliphatic heterocycles. The second kappa shape index (κ2) is 8.35. The van der Waals surface area contributed by atoms with Gasteiger partial charge in [-0.05, 0) is 35.2 Å². The number of aromatic nitrogens is 2. The van der Waals surface area contributed by atoms with Crippen LogP contribution in [0.4, 0.5) is 5.82 Å². The Kier molecular flexibility index (Phi) is 5.29. The van der Waals surface area contributed by atoms with Gasteiger partial charge in [-0.1, -0.05) is 71.9 Å². The van der Waals surface area contributed by atoms with Crippen LogP contribution in [0.15, 0.2) is 89.6 Å². The number of nitrogens with two attached hydrogens (primary N) is 1. The molecule has 0 aliphatic rings. The molecule has 0 spiro atoms. The summed E-state index contributed by atoms with van der Waals surface area (Å²) in [5.41, 5.74) is 11.2. The van der Waals surface area contributed by atoms with Gasteiger partial charge in [-0.15, -0.1) is 0 Å². The van der Waals surface area contributed by atoms with Gasteiger partial charge in [-0.3, -0.25) is 0 Å². The minimum atomic E-state index is 0.442. The van der Waals surface area contributed by atoms with Crippen molar-refractivity contribution in [2.24, 2.45) is 0 Å². The number of nitrogens with zero attached hydrogens (tertiary/aromatic N) is 2. The first-order chi connectivity index (χ1) is 13.8. The Bertz CT molecular complexity index is 1070. The number of nitrogen functional groups attached to an aromatic ring is 1. The molecule has 4 nitrogen and oxygen atoms in total. The zero-order valence-electron chi connectivity index (χ0n) is 15.5. The van der Waals surface area contributed by atoms with E-state index in [0.29, 0.717) is 18.0 Å². The first kappa shape index (κ1) is 17.7. The molecule has 4 heteroatoms. The molecule has 0 saturated carbocycles. The lowest BCUT2D eigenvalue weighted by Gasteiger charge is -2.00.